The Morgan fingerprint density at radius 2 is 2.07 bits per heavy atom. The van der Waals surface area contributed by atoms with E-state index in [1.165, 1.54) is 35.1 Å². The van der Waals surface area contributed by atoms with Crippen molar-refractivity contribution in [3.05, 3.63) is 22.6 Å². The van der Waals surface area contributed by atoms with Crippen LogP contribution < -0.4 is 5.32 Å². The zero-order valence-electron chi connectivity index (χ0n) is 16.9. The van der Waals surface area contributed by atoms with Gasteiger partial charge < -0.3 is 9.88 Å². The van der Waals surface area contributed by atoms with E-state index in [-0.39, 0.29) is 0 Å². The monoisotopic (exact) mass is 416 g/mol. The molecule has 0 unspecified atom stereocenters. The Kier molecular flexibility index (Phi) is 6.16. The molecule has 0 aromatic carbocycles. The minimum absolute atomic E-state index is 0.581. The van der Waals surface area contributed by atoms with Gasteiger partial charge in [-0.2, -0.15) is 0 Å². The Morgan fingerprint density at radius 1 is 1.21 bits per heavy atom. The Hall–Kier alpha value is -1.67. The van der Waals surface area contributed by atoms with Gasteiger partial charge in [0.05, 0.1) is 5.39 Å². The summed E-state index contributed by atoms with van der Waals surface area (Å²) >= 11 is 3.52. The van der Waals surface area contributed by atoms with Gasteiger partial charge >= 0.3 is 0 Å². The van der Waals surface area contributed by atoms with Gasteiger partial charge in [-0.3, -0.25) is 0 Å². The molecule has 0 atom stereocenters. The molecule has 0 spiro atoms. The Bertz CT molecular complexity index is 946. The van der Waals surface area contributed by atoms with E-state index >= 15 is 0 Å². The quantitative estimate of drug-likeness (QED) is 0.428. The van der Waals surface area contributed by atoms with E-state index in [0.29, 0.717) is 5.92 Å². The molecule has 1 aliphatic carbocycles. The van der Waals surface area contributed by atoms with Gasteiger partial charge in [0.15, 0.2) is 5.16 Å². The van der Waals surface area contributed by atoms with Crippen molar-refractivity contribution in [3.63, 3.8) is 0 Å². The minimum Gasteiger partial charge on any atom is -0.369 e. The normalized spacial score (nSPS) is 14.0. The summed E-state index contributed by atoms with van der Waals surface area (Å²) in [5.74, 6) is 2.66. The van der Waals surface area contributed by atoms with Crippen molar-refractivity contribution >= 4 is 39.1 Å². The summed E-state index contributed by atoms with van der Waals surface area (Å²) in [7, 11) is 0. The van der Waals surface area contributed by atoms with E-state index < -0.39 is 0 Å². The third-order valence-corrected chi connectivity index (χ3v) is 7.01. The van der Waals surface area contributed by atoms with Crippen LogP contribution in [0.15, 0.2) is 11.5 Å². The van der Waals surface area contributed by atoms with E-state index in [4.69, 9.17) is 0 Å². The number of nitrogens with one attached hydrogen (secondary N) is 1. The highest BCUT2D eigenvalue weighted by molar-refractivity contribution is 7.98. The number of thioether (sulfide) groups is 1. The van der Waals surface area contributed by atoms with E-state index in [1.807, 2.05) is 11.3 Å². The number of hydrogen-bond donors (Lipinski definition) is 1. The zero-order chi connectivity index (χ0) is 19.5. The van der Waals surface area contributed by atoms with Crippen molar-refractivity contribution in [3.8, 4) is 0 Å². The largest absolute Gasteiger partial charge is 0.369 e. The van der Waals surface area contributed by atoms with Gasteiger partial charge in [0.2, 0.25) is 0 Å². The standard InChI is InChI=1S/C20H28N6S2/c1-13(2)11-26-16(24-25-20(26)27-3)9-6-10-21-18-17-14-7-4-5-8-15(14)28-19(17)23-12-22-18/h12-13H,4-11H2,1-3H3,(H,21,22,23). The summed E-state index contributed by atoms with van der Waals surface area (Å²) in [6.45, 7) is 6.31. The van der Waals surface area contributed by atoms with Gasteiger partial charge in [-0.15, -0.1) is 21.5 Å². The van der Waals surface area contributed by atoms with Crippen LogP contribution in [0.2, 0.25) is 0 Å². The Balaban J connectivity index is 1.43. The molecule has 0 fully saturated rings. The van der Waals surface area contributed by atoms with E-state index in [2.05, 4.69) is 50.2 Å². The molecular formula is C20H28N6S2. The first kappa shape index (κ1) is 19.6. The first-order chi connectivity index (χ1) is 13.7. The SMILES string of the molecule is CSc1nnc(CCCNc2ncnc3sc4c(c23)CCCC4)n1CC(C)C. The van der Waals surface area contributed by atoms with Crippen LogP contribution in [0, 0.1) is 5.92 Å². The molecule has 3 heterocycles. The van der Waals surface area contributed by atoms with Gasteiger partial charge in [0.1, 0.15) is 22.8 Å². The molecule has 1 aliphatic rings. The average molecular weight is 417 g/mol. The van der Waals surface area contributed by atoms with Gasteiger partial charge in [-0.1, -0.05) is 25.6 Å². The van der Waals surface area contributed by atoms with Crippen LogP contribution in [0.25, 0.3) is 10.2 Å². The second-order valence-electron chi connectivity index (χ2n) is 7.75. The maximum Gasteiger partial charge on any atom is 0.190 e. The van der Waals surface area contributed by atoms with Crippen LogP contribution in [0.3, 0.4) is 0 Å². The van der Waals surface area contributed by atoms with Gasteiger partial charge in [0.25, 0.3) is 0 Å². The van der Waals surface area contributed by atoms with Crippen LogP contribution >= 0.6 is 23.1 Å². The summed E-state index contributed by atoms with van der Waals surface area (Å²) in [5.41, 5.74) is 1.48. The number of hydrogen-bond acceptors (Lipinski definition) is 7. The first-order valence-electron chi connectivity index (χ1n) is 10.1. The third-order valence-electron chi connectivity index (χ3n) is 5.14. The molecule has 28 heavy (non-hydrogen) atoms. The van der Waals surface area contributed by atoms with E-state index in [1.54, 1.807) is 18.1 Å². The number of thiophene rings is 1. The summed E-state index contributed by atoms with van der Waals surface area (Å²) in [6, 6.07) is 0. The predicted octanol–water partition coefficient (Wildman–Crippen LogP) is 4.58. The fourth-order valence-corrected chi connectivity index (χ4v) is 5.63. The van der Waals surface area contributed by atoms with Crippen molar-refractivity contribution in [1.29, 1.82) is 0 Å². The van der Waals surface area contributed by atoms with Gasteiger partial charge in [-0.05, 0) is 49.8 Å². The lowest BCUT2D eigenvalue weighted by Gasteiger charge is -2.13. The number of aromatic nitrogens is 5. The Labute approximate surface area is 174 Å². The maximum absolute atomic E-state index is 4.55. The average Bonchev–Trinajstić information content (AvgIpc) is 3.26. The fraction of sp³-hybridized carbons (Fsp3) is 0.600. The number of nitrogens with zero attached hydrogens (tertiary/aromatic N) is 5. The molecule has 0 bridgehead atoms. The molecule has 3 aromatic rings. The van der Waals surface area contributed by atoms with E-state index in [0.717, 1.165) is 54.0 Å². The highest BCUT2D eigenvalue weighted by atomic mass is 32.2. The first-order valence-corrected chi connectivity index (χ1v) is 12.2. The number of aryl methyl sites for hydroxylation is 3. The lowest BCUT2D eigenvalue weighted by molar-refractivity contribution is 0.478. The molecule has 0 saturated heterocycles. The van der Waals surface area contributed by atoms with Gasteiger partial charge in [-0.25, -0.2) is 9.97 Å². The molecule has 4 rings (SSSR count). The highest BCUT2D eigenvalue weighted by Crippen LogP contribution is 2.38. The molecule has 3 aromatic heterocycles. The molecule has 1 N–H and O–H groups in total. The minimum atomic E-state index is 0.581. The van der Waals surface area contributed by atoms with Crippen molar-refractivity contribution < 1.29 is 0 Å². The summed E-state index contributed by atoms with van der Waals surface area (Å²) in [4.78, 5) is 11.7. The molecule has 0 amide bonds. The topological polar surface area (TPSA) is 68.5 Å². The summed E-state index contributed by atoms with van der Waals surface area (Å²) in [6.07, 6.45) is 10.6. The molecule has 8 heteroatoms. The second kappa shape index (κ2) is 8.78. The lowest BCUT2D eigenvalue weighted by atomic mass is 9.97. The van der Waals surface area contributed by atoms with E-state index in [9.17, 15) is 0 Å². The summed E-state index contributed by atoms with van der Waals surface area (Å²) < 4.78 is 2.27. The van der Waals surface area contributed by atoms with Crippen molar-refractivity contribution in [2.24, 2.45) is 5.92 Å². The van der Waals surface area contributed by atoms with Crippen molar-refractivity contribution in [2.75, 3.05) is 18.1 Å². The van der Waals surface area contributed by atoms with Crippen LogP contribution in [-0.4, -0.2) is 37.5 Å². The molecule has 0 radical (unpaired) electrons. The molecule has 0 aliphatic heterocycles. The molecule has 0 saturated carbocycles. The molecule has 6 nitrogen and oxygen atoms in total. The van der Waals surface area contributed by atoms with Gasteiger partial charge in [0, 0.05) is 24.4 Å². The number of fused-ring (bicyclic) bond motifs is 3. The predicted molar refractivity (Wildman–Crippen MR) is 118 cm³/mol. The Morgan fingerprint density at radius 3 is 2.89 bits per heavy atom. The van der Waals surface area contributed by atoms with Crippen LogP contribution in [0.5, 0.6) is 0 Å². The lowest BCUT2D eigenvalue weighted by Crippen LogP contribution is -2.12. The fourth-order valence-electron chi connectivity index (χ4n) is 3.88. The third kappa shape index (κ3) is 4.03. The smallest absolute Gasteiger partial charge is 0.190 e. The molecular weight excluding hydrogens is 388 g/mol. The van der Waals surface area contributed by atoms with Crippen LogP contribution in [0.1, 0.15) is 49.4 Å². The second-order valence-corrected chi connectivity index (χ2v) is 9.61. The number of anilines is 1. The molecule has 150 valence electrons. The highest BCUT2D eigenvalue weighted by Gasteiger charge is 2.19. The van der Waals surface area contributed by atoms with Crippen LogP contribution in [-0.2, 0) is 25.8 Å². The zero-order valence-corrected chi connectivity index (χ0v) is 18.5. The van der Waals surface area contributed by atoms with Crippen LogP contribution in [0.4, 0.5) is 5.82 Å². The van der Waals surface area contributed by atoms with Crippen molar-refractivity contribution in [1.82, 2.24) is 24.7 Å². The number of rotatable bonds is 8. The van der Waals surface area contributed by atoms with Crippen molar-refractivity contribution in [2.45, 2.75) is 64.1 Å². The maximum atomic E-state index is 4.55. The summed E-state index contributed by atoms with van der Waals surface area (Å²) in [5, 5.41) is 14.6.